The molecule has 0 bridgehead atoms. The molecular formula is C21H20F3N3O2S. The number of aromatic nitrogens is 1. The van der Waals surface area contributed by atoms with Crippen LogP contribution in [0.2, 0.25) is 0 Å². The van der Waals surface area contributed by atoms with Crippen molar-refractivity contribution < 1.29 is 22.1 Å². The van der Waals surface area contributed by atoms with Gasteiger partial charge in [0, 0.05) is 33.0 Å². The van der Waals surface area contributed by atoms with Crippen molar-refractivity contribution in [2.75, 3.05) is 31.0 Å². The molecule has 0 aliphatic heterocycles. The Labute approximate surface area is 174 Å². The molecule has 1 aromatic heterocycles. The summed E-state index contributed by atoms with van der Waals surface area (Å²) in [6.45, 7) is -0.977. The molecule has 1 heterocycles. The standard InChI is InChI=1S/C21H20F3N3O2S/c1-29-20-12-15(30(2)28)8-9-18(20)26-10-4-5-14-11-16-17(25)6-3-7-19(16)27(14)13-21(22,23)24/h3,6-9,11-12,26H,10,13,25H2,1-2H3. The summed E-state index contributed by atoms with van der Waals surface area (Å²) in [7, 11) is 0.352. The highest BCUT2D eigenvalue weighted by molar-refractivity contribution is 7.84. The fourth-order valence-corrected chi connectivity index (χ4v) is 3.56. The maximum absolute atomic E-state index is 13.1. The molecule has 2 aromatic carbocycles. The zero-order valence-electron chi connectivity index (χ0n) is 16.3. The quantitative estimate of drug-likeness (QED) is 0.470. The van der Waals surface area contributed by atoms with Crippen molar-refractivity contribution in [1.82, 2.24) is 4.57 Å². The average molecular weight is 435 g/mol. The fraction of sp³-hybridized carbons (Fsp3) is 0.238. The SMILES string of the molecule is COc1cc(S(C)=O)ccc1NCC#Cc1cc2c(N)cccc2n1CC(F)(F)F. The van der Waals surface area contributed by atoms with Gasteiger partial charge in [0.2, 0.25) is 0 Å². The lowest BCUT2D eigenvalue weighted by Gasteiger charge is -2.11. The molecule has 3 N–H and O–H groups in total. The van der Waals surface area contributed by atoms with Crippen molar-refractivity contribution in [2.24, 2.45) is 0 Å². The number of benzene rings is 2. The summed E-state index contributed by atoms with van der Waals surface area (Å²) < 4.78 is 57.2. The molecule has 1 atom stereocenters. The van der Waals surface area contributed by atoms with E-state index in [1.807, 2.05) is 0 Å². The van der Waals surface area contributed by atoms with Gasteiger partial charge in [0.1, 0.15) is 12.3 Å². The first kappa shape index (κ1) is 21.6. The number of rotatable bonds is 5. The Balaban J connectivity index is 1.85. The van der Waals surface area contributed by atoms with Crippen molar-refractivity contribution in [1.29, 1.82) is 0 Å². The van der Waals surface area contributed by atoms with Gasteiger partial charge in [-0.3, -0.25) is 4.21 Å². The second-order valence-electron chi connectivity index (χ2n) is 6.48. The summed E-state index contributed by atoms with van der Waals surface area (Å²) in [6, 6.07) is 11.5. The first-order valence-electron chi connectivity index (χ1n) is 8.88. The van der Waals surface area contributed by atoms with Crippen LogP contribution in [0.4, 0.5) is 24.5 Å². The van der Waals surface area contributed by atoms with Crippen LogP contribution in [0.25, 0.3) is 10.9 Å². The topological polar surface area (TPSA) is 69.3 Å². The van der Waals surface area contributed by atoms with Gasteiger partial charge in [0.15, 0.2) is 0 Å². The third kappa shape index (κ3) is 4.89. The van der Waals surface area contributed by atoms with Crippen molar-refractivity contribution in [3.8, 4) is 17.6 Å². The van der Waals surface area contributed by atoms with Crippen LogP contribution in [0.5, 0.6) is 5.75 Å². The molecule has 3 rings (SSSR count). The summed E-state index contributed by atoms with van der Waals surface area (Å²) in [4.78, 5) is 0.623. The Hall–Kier alpha value is -3.12. The molecule has 30 heavy (non-hydrogen) atoms. The Morgan fingerprint density at radius 1 is 1.23 bits per heavy atom. The molecule has 0 aliphatic carbocycles. The number of methoxy groups -OCH3 is 1. The molecule has 3 aromatic rings. The molecule has 0 fully saturated rings. The number of nitrogen functional groups attached to an aromatic ring is 1. The highest BCUT2D eigenvalue weighted by Gasteiger charge is 2.29. The predicted molar refractivity (Wildman–Crippen MR) is 113 cm³/mol. The van der Waals surface area contributed by atoms with E-state index in [0.29, 0.717) is 32.9 Å². The van der Waals surface area contributed by atoms with Gasteiger partial charge < -0.3 is 20.4 Å². The molecule has 0 spiro atoms. The van der Waals surface area contributed by atoms with Gasteiger partial charge in [0.05, 0.1) is 30.6 Å². The summed E-state index contributed by atoms with van der Waals surface area (Å²) in [5, 5.41) is 3.59. The van der Waals surface area contributed by atoms with E-state index in [1.165, 1.54) is 7.11 Å². The van der Waals surface area contributed by atoms with Gasteiger partial charge in [-0.2, -0.15) is 13.2 Å². The molecule has 5 nitrogen and oxygen atoms in total. The second kappa shape index (κ2) is 8.71. The molecule has 0 saturated carbocycles. The van der Waals surface area contributed by atoms with Crippen molar-refractivity contribution >= 4 is 33.1 Å². The molecule has 0 amide bonds. The van der Waals surface area contributed by atoms with Crippen molar-refractivity contribution in [3.05, 3.63) is 48.2 Å². The van der Waals surface area contributed by atoms with Gasteiger partial charge >= 0.3 is 6.18 Å². The van der Waals surface area contributed by atoms with E-state index in [2.05, 4.69) is 17.2 Å². The van der Waals surface area contributed by atoms with Crippen LogP contribution in [0.3, 0.4) is 0 Å². The average Bonchev–Trinajstić information content (AvgIpc) is 3.02. The number of ether oxygens (including phenoxy) is 1. The van der Waals surface area contributed by atoms with E-state index in [0.717, 1.165) is 4.57 Å². The maximum Gasteiger partial charge on any atom is 0.406 e. The number of nitrogens with one attached hydrogen (secondary N) is 1. The molecule has 0 aliphatic rings. The van der Waals surface area contributed by atoms with E-state index in [9.17, 15) is 17.4 Å². The largest absolute Gasteiger partial charge is 0.495 e. The summed E-state index contributed by atoms with van der Waals surface area (Å²) >= 11 is 0. The van der Waals surface area contributed by atoms with E-state index < -0.39 is 23.5 Å². The van der Waals surface area contributed by atoms with Crippen molar-refractivity contribution in [3.63, 3.8) is 0 Å². The first-order chi connectivity index (χ1) is 14.2. The molecule has 1 unspecified atom stereocenters. The minimum absolute atomic E-state index is 0.175. The van der Waals surface area contributed by atoms with Crippen molar-refractivity contribution in [2.45, 2.75) is 17.6 Å². The van der Waals surface area contributed by atoms with Gasteiger partial charge in [-0.1, -0.05) is 12.0 Å². The fourth-order valence-electron chi connectivity index (χ4n) is 3.03. The van der Waals surface area contributed by atoms with Gasteiger partial charge in [-0.25, -0.2) is 0 Å². The second-order valence-corrected chi connectivity index (χ2v) is 7.86. The molecule has 9 heteroatoms. The number of alkyl halides is 3. The molecule has 158 valence electrons. The van der Waals surface area contributed by atoms with Crippen LogP contribution in [0, 0.1) is 11.8 Å². The smallest absolute Gasteiger partial charge is 0.406 e. The Bertz CT molecular complexity index is 1160. The normalized spacial score (nSPS) is 12.3. The van der Waals surface area contributed by atoms with Crippen LogP contribution >= 0.6 is 0 Å². The van der Waals surface area contributed by atoms with Crippen LogP contribution in [-0.2, 0) is 17.3 Å². The van der Waals surface area contributed by atoms with E-state index >= 15 is 0 Å². The first-order valence-corrected chi connectivity index (χ1v) is 10.4. The maximum atomic E-state index is 13.1. The van der Waals surface area contributed by atoms with E-state index in [-0.39, 0.29) is 12.2 Å². The lowest BCUT2D eigenvalue weighted by molar-refractivity contribution is -0.140. The van der Waals surface area contributed by atoms with E-state index in [1.54, 1.807) is 48.7 Å². The van der Waals surface area contributed by atoms with Gasteiger partial charge in [-0.05, 0) is 42.3 Å². The van der Waals surface area contributed by atoms with Gasteiger partial charge in [-0.15, -0.1) is 0 Å². The Morgan fingerprint density at radius 2 is 2.00 bits per heavy atom. The highest BCUT2D eigenvalue weighted by Crippen LogP contribution is 2.29. The third-order valence-electron chi connectivity index (χ3n) is 4.41. The number of fused-ring (bicyclic) bond motifs is 1. The molecule has 0 radical (unpaired) electrons. The summed E-state index contributed by atoms with van der Waals surface area (Å²) in [6.07, 6.45) is -2.82. The third-order valence-corrected chi connectivity index (χ3v) is 5.32. The number of hydrogen-bond donors (Lipinski definition) is 2. The Morgan fingerprint density at radius 3 is 2.67 bits per heavy atom. The number of halogens is 3. The van der Waals surface area contributed by atoms with E-state index in [4.69, 9.17) is 10.5 Å². The van der Waals surface area contributed by atoms with Crippen LogP contribution in [0.15, 0.2) is 47.4 Å². The zero-order chi connectivity index (χ0) is 21.9. The highest BCUT2D eigenvalue weighted by atomic mass is 32.2. The number of nitrogens with zero attached hydrogens (tertiary/aromatic N) is 1. The zero-order valence-corrected chi connectivity index (χ0v) is 17.2. The number of hydrogen-bond acceptors (Lipinski definition) is 4. The lowest BCUT2D eigenvalue weighted by Crippen LogP contribution is -2.18. The monoisotopic (exact) mass is 435 g/mol. The minimum atomic E-state index is -4.39. The predicted octanol–water partition coefficient (Wildman–Crippen LogP) is 4.00. The molecule has 0 saturated heterocycles. The van der Waals surface area contributed by atoms with Crippen LogP contribution in [-0.4, -0.2) is 34.9 Å². The molecular weight excluding hydrogens is 415 g/mol. The number of anilines is 2. The van der Waals surface area contributed by atoms with Crippen LogP contribution in [0.1, 0.15) is 5.69 Å². The van der Waals surface area contributed by atoms with Crippen LogP contribution < -0.4 is 15.8 Å². The van der Waals surface area contributed by atoms with Gasteiger partial charge in [0.25, 0.3) is 0 Å². The minimum Gasteiger partial charge on any atom is -0.495 e. The number of nitrogens with two attached hydrogens (primary N) is 1. The summed E-state index contributed by atoms with van der Waals surface area (Å²) in [5.74, 6) is 6.14. The lowest BCUT2D eigenvalue weighted by atomic mass is 10.2. The Kier molecular flexibility index (Phi) is 6.27. The summed E-state index contributed by atoms with van der Waals surface area (Å²) in [5.41, 5.74) is 7.55.